The summed E-state index contributed by atoms with van der Waals surface area (Å²) in [4.78, 5) is 27.5. The third-order valence-electron chi connectivity index (χ3n) is 5.66. The highest BCUT2D eigenvalue weighted by molar-refractivity contribution is 6.30. The number of aromatic amines is 1. The summed E-state index contributed by atoms with van der Waals surface area (Å²) in [5.41, 5.74) is 3.41. The Morgan fingerprint density at radius 1 is 1.00 bits per heavy atom. The monoisotopic (exact) mass is 462 g/mol. The maximum atomic E-state index is 12.8. The van der Waals surface area contributed by atoms with Crippen LogP contribution in [0.3, 0.4) is 0 Å². The van der Waals surface area contributed by atoms with E-state index >= 15 is 0 Å². The molecule has 0 aliphatic carbocycles. The zero-order valence-corrected chi connectivity index (χ0v) is 19.7. The number of H-pyrrole nitrogens is 1. The number of aromatic nitrogens is 1. The van der Waals surface area contributed by atoms with E-state index in [1.807, 2.05) is 12.1 Å². The van der Waals surface area contributed by atoms with Gasteiger partial charge >= 0.3 is 0 Å². The fourth-order valence-electron chi connectivity index (χ4n) is 3.78. The minimum atomic E-state index is -0.338. The first-order valence-corrected chi connectivity index (χ1v) is 11.4. The molecule has 1 saturated heterocycles. The number of halogens is 1. The van der Waals surface area contributed by atoms with Gasteiger partial charge in [-0.2, -0.15) is 0 Å². The van der Waals surface area contributed by atoms with E-state index in [1.165, 1.54) is 5.56 Å². The molecule has 1 aliphatic rings. The van der Waals surface area contributed by atoms with Gasteiger partial charge in [-0.25, -0.2) is 0 Å². The summed E-state index contributed by atoms with van der Waals surface area (Å²) in [6, 6.07) is 18.6. The molecule has 3 aromatic rings. The molecule has 1 atom stereocenters. The molecule has 1 fully saturated rings. The minimum Gasteiger partial charge on any atom is -0.452 e. The van der Waals surface area contributed by atoms with Crippen molar-refractivity contribution < 1.29 is 9.53 Å². The number of benzene rings is 2. The van der Waals surface area contributed by atoms with Crippen LogP contribution in [0.4, 0.5) is 0 Å². The zero-order valence-electron chi connectivity index (χ0n) is 18.9. The van der Waals surface area contributed by atoms with Crippen LogP contribution < -0.4 is 15.6 Å². The molecule has 33 heavy (non-hydrogen) atoms. The second kappa shape index (κ2) is 9.28. The molecule has 0 saturated carbocycles. The number of pyridine rings is 1. The Bertz CT molecular complexity index is 1240. The van der Waals surface area contributed by atoms with Crippen molar-refractivity contribution in [2.45, 2.75) is 45.1 Å². The number of rotatable bonds is 5. The van der Waals surface area contributed by atoms with Crippen LogP contribution in [0.2, 0.25) is 5.02 Å². The molecule has 1 amide bonds. The lowest BCUT2D eigenvalue weighted by Crippen LogP contribution is -2.23. The van der Waals surface area contributed by atoms with Gasteiger partial charge in [0.25, 0.3) is 5.56 Å². The van der Waals surface area contributed by atoms with E-state index in [-0.39, 0.29) is 28.7 Å². The van der Waals surface area contributed by atoms with Gasteiger partial charge in [0.15, 0.2) is 5.75 Å². The minimum absolute atomic E-state index is 0.0385. The van der Waals surface area contributed by atoms with Gasteiger partial charge in [0, 0.05) is 28.8 Å². The molecule has 1 aromatic heterocycles. The first-order chi connectivity index (χ1) is 15.7. The van der Waals surface area contributed by atoms with Crippen molar-refractivity contribution >= 4 is 23.1 Å². The van der Waals surface area contributed by atoms with Crippen LogP contribution in [-0.2, 0) is 10.2 Å². The van der Waals surface area contributed by atoms with Crippen molar-refractivity contribution in [3.05, 3.63) is 98.9 Å². The van der Waals surface area contributed by atoms with Crippen molar-refractivity contribution in [1.29, 1.82) is 0 Å². The van der Waals surface area contributed by atoms with Crippen LogP contribution >= 0.6 is 11.6 Å². The van der Waals surface area contributed by atoms with Crippen molar-refractivity contribution in [2.24, 2.45) is 0 Å². The molecule has 2 N–H and O–H groups in total. The summed E-state index contributed by atoms with van der Waals surface area (Å²) in [6.45, 7) is 6.51. The first-order valence-electron chi connectivity index (χ1n) is 11.0. The van der Waals surface area contributed by atoms with E-state index in [2.05, 4.69) is 55.3 Å². The van der Waals surface area contributed by atoms with Crippen molar-refractivity contribution in [3.8, 4) is 11.5 Å². The Morgan fingerprint density at radius 2 is 1.70 bits per heavy atom. The Morgan fingerprint density at radius 3 is 2.27 bits per heavy atom. The fourth-order valence-corrected chi connectivity index (χ4v) is 3.91. The van der Waals surface area contributed by atoms with Crippen LogP contribution in [0.5, 0.6) is 11.5 Å². The predicted octanol–water partition coefficient (Wildman–Crippen LogP) is 5.83. The standard InChI is InChI=1S/C27H27ClN2O3/c1-27(2,3)18-6-4-17(5-7-18)22(16-20-10-15-25(31)29-20)23-13-14-24(26(32)30-23)33-21-11-8-19(28)9-12-21/h4-9,11-14,16,20H,10,15H2,1-3H3,(H,29,31)(H,30,32)/b22-16-/t20-/m1/s1. The van der Waals surface area contributed by atoms with Gasteiger partial charge in [-0.05, 0) is 59.4 Å². The molecule has 1 aliphatic heterocycles. The van der Waals surface area contributed by atoms with Gasteiger partial charge in [-0.15, -0.1) is 0 Å². The molecule has 0 radical (unpaired) electrons. The van der Waals surface area contributed by atoms with Gasteiger partial charge in [0.05, 0.1) is 0 Å². The van der Waals surface area contributed by atoms with E-state index in [0.29, 0.717) is 22.9 Å². The lowest BCUT2D eigenvalue weighted by molar-refractivity contribution is -0.119. The molecule has 5 nitrogen and oxygen atoms in total. The number of ether oxygens (including phenoxy) is 1. The molecule has 0 unspecified atom stereocenters. The SMILES string of the molecule is CC(C)(C)c1ccc(/C(=C/[C@H]2CCC(=O)N2)c2ccc(Oc3ccc(Cl)cc3)c(=O)[nH]2)cc1. The predicted molar refractivity (Wildman–Crippen MR) is 132 cm³/mol. The number of amides is 1. The van der Waals surface area contributed by atoms with Crippen LogP contribution in [0, 0.1) is 0 Å². The lowest BCUT2D eigenvalue weighted by atomic mass is 9.86. The third kappa shape index (κ3) is 5.55. The summed E-state index contributed by atoms with van der Waals surface area (Å²) in [5, 5.41) is 3.58. The maximum absolute atomic E-state index is 12.8. The average Bonchev–Trinajstić information content (AvgIpc) is 3.19. The Kier molecular flexibility index (Phi) is 6.43. The normalized spacial score (nSPS) is 16.5. The molecule has 6 heteroatoms. The highest BCUT2D eigenvalue weighted by Crippen LogP contribution is 2.29. The van der Waals surface area contributed by atoms with E-state index < -0.39 is 0 Å². The van der Waals surface area contributed by atoms with E-state index in [9.17, 15) is 9.59 Å². The highest BCUT2D eigenvalue weighted by atomic mass is 35.5. The van der Waals surface area contributed by atoms with E-state index in [0.717, 1.165) is 17.6 Å². The zero-order chi connectivity index (χ0) is 23.6. The van der Waals surface area contributed by atoms with Crippen molar-refractivity contribution in [1.82, 2.24) is 10.3 Å². The quantitative estimate of drug-likeness (QED) is 0.501. The molecular formula is C27H27ClN2O3. The summed E-state index contributed by atoms with van der Waals surface area (Å²) >= 11 is 5.92. The molecule has 0 bridgehead atoms. The molecule has 2 heterocycles. The number of hydrogen-bond donors (Lipinski definition) is 2. The van der Waals surface area contributed by atoms with Gasteiger partial charge < -0.3 is 15.0 Å². The lowest BCUT2D eigenvalue weighted by Gasteiger charge is -2.20. The van der Waals surface area contributed by atoms with Gasteiger partial charge in [0.1, 0.15) is 5.75 Å². The highest BCUT2D eigenvalue weighted by Gasteiger charge is 2.21. The summed E-state index contributed by atoms with van der Waals surface area (Å²) in [5.74, 6) is 0.761. The van der Waals surface area contributed by atoms with Crippen molar-refractivity contribution in [3.63, 3.8) is 0 Å². The topological polar surface area (TPSA) is 71.2 Å². The van der Waals surface area contributed by atoms with E-state index in [4.69, 9.17) is 16.3 Å². The molecular weight excluding hydrogens is 436 g/mol. The van der Waals surface area contributed by atoms with Crippen LogP contribution in [0.25, 0.3) is 5.57 Å². The second-order valence-electron chi connectivity index (χ2n) is 9.24. The van der Waals surface area contributed by atoms with Crippen LogP contribution in [0.1, 0.15) is 50.4 Å². The Labute approximate surface area is 198 Å². The largest absolute Gasteiger partial charge is 0.452 e. The number of hydrogen-bond acceptors (Lipinski definition) is 3. The summed E-state index contributed by atoms with van der Waals surface area (Å²) in [6.07, 6.45) is 3.24. The second-order valence-corrected chi connectivity index (χ2v) is 9.68. The fraction of sp³-hybridized carbons (Fsp3) is 0.259. The Hall–Kier alpha value is -3.31. The first kappa shape index (κ1) is 22.9. The van der Waals surface area contributed by atoms with E-state index in [1.54, 1.807) is 30.3 Å². The average molecular weight is 463 g/mol. The van der Waals surface area contributed by atoms with Crippen LogP contribution in [-0.4, -0.2) is 16.9 Å². The van der Waals surface area contributed by atoms with Gasteiger partial charge in [-0.1, -0.05) is 62.7 Å². The molecule has 2 aromatic carbocycles. The van der Waals surface area contributed by atoms with Crippen LogP contribution in [0.15, 0.2) is 71.5 Å². The number of carbonyl (C=O) groups is 1. The molecule has 4 rings (SSSR count). The summed E-state index contributed by atoms with van der Waals surface area (Å²) in [7, 11) is 0. The maximum Gasteiger partial charge on any atom is 0.291 e. The Balaban J connectivity index is 1.69. The number of nitrogens with one attached hydrogen (secondary N) is 2. The summed E-state index contributed by atoms with van der Waals surface area (Å²) < 4.78 is 5.73. The van der Waals surface area contributed by atoms with Crippen molar-refractivity contribution in [2.75, 3.05) is 0 Å². The van der Waals surface area contributed by atoms with Gasteiger partial charge in [0.2, 0.25) is 5.91 Å². The number of carbonyl (C=O) groups excluding carboxylic acids is 1. The molecule has 170 valence electrons. The molecule has 0 spiro atoms. The third-order valence-corrected chi connectivity index (χ3v) is 5.92. The van der Waals surface area contributed by atoms with Gasteiger partial charge in [-0.3, -0.25) is 9.59 Å². The smallest absolute Gasteiger partial charge is 0.291 e.